The smallest absolute Gasteiger partial charge is 0.160 e. The van der Waals surface area contributed by atoms with Gasteiger partial charge in [0.2, 0.25) is 0 Å². The van der Waals surface area contributed by atoms with Crippen molar-refractivity contribution in [1.82, 2.24) is 28.2 Å². The second kappa shape index (κ2) is 21.1. The van der Waals surface area contributed by atoms with Crippen molar-refractivity contribution in [1.29, 1.82) is 5.26 Å². The van der Waals surface area contributed by atoms with Crippen LogP contribution >= 0.6 is 0 Å². The average molecular weight is 1220 g/mol. The van der Waals surface area contributed by atoms with Crippen molar-refractivity contribution in [3.05, 3.63) is 264 Å². The number of para-hydroxylation sites is 4. The summed E-state index contributed by atoms with van der Waals surface area (Å²) in [4.78, 5) is 11.5. The Hall–Kier alpha value is -10.8. The summed E-state index contributed by atoms with van der Waals surface area (Å²) in [7, 11) is 0. The van der Waals surface area contributed by atoms with Gasteiger partial charge in [0, 0.05) is 54.2 Å². The molecule has 0 bridgehead atoms. The van der Waals surface area contributed by atoms with Gasteiger partial charge in [-0.15, -0.1) is 0 Å². The van der Waals surface area contributed by atoms with Gasteiger partial charge in [-0.3, -0.25) is 0 Å². The van der Waals surface area contributed by atoms with E-state index in [1.807, 2.05) is 6.07 Å². The maximum atomic E-state index is 13.4. The highest BCUT2D eigenvalue weighted by atomic mass is 15.1. The van der Waals surface area contributed by atoms with Gasteiger partial charge in [-0.1, -0.05) is 241 Å². The first-order valence-electron chi connectivity index (χ1n) is 33.0. The van der Waals surface area contributed by atoms with E-state index in [1.54, 1.807) is 0 Å². The Morgan fingerprint density at radius 3 is 0.936 bits per heavy atom. The molecule has 5 aromatic heterocycles. The summed E-state index contributed by atoms with van der Waals surface area (Å²) < 4.78 is 9.88. The van der Waals surface area contributed by atoms with E-state index in [1.165, 1.54) is 22.3 Å². The summed E-state index contributed by atoms with van der Waals surface area (Å²) in [5.74, 6) is 0.565. The molecule has 0 aliphatic carbocycles. The predicted octanol–water partition coefficient (Wildman–Crippen LogP) is 22.9. The highest BCUT2D eigenvalue weighted by Crippen LogP contribution is 2.53. The molecule has 11 aromatic carbocycles. The largest absolute Gasteiger partial charge is 0.307 e. The van der Waals surface area contributed by atoms with Crippen LogP contribution in [0.4, 0.5) is 0 Å². The first-order valence-corrected chi connectivity index (χ1v) is 33.0. The zero-order chi connectivity index (χ0) is 64.9. The molecule has 16 rings (SSSR count). The standard InChI is InChI=1S/C87H75N7/c1-84(2,3)55-39-43-74-63(47-55)59-31-19-23-35-70(59)91(74)79-67(52-88)80(92-71-36-24-20-32-60(71)64-48-56(85(4,5)6)40-44-75(64)92)82(94-73-38-26-22-34-62(73)66-50-58(87(10,11)12)42-46-77(66)94)81(93-72-37-25-21-33-61(72)65-49-57(86(7,8)9)41-45-76(65)93)78(79)69-51-68(53-27-15-13-16-28-53)89-83(90-69)54-29-17-14-18-30-54/h13-51H,1-12H3. The third-order valence-electron chi connectivity index (χ3n) is 19.6. The van der Waals surface area contributed by atoms with Crippen molar-refractivity contribution < 1.29 is 0 Å². The Kier molecular flexibility index (Phi) is 13.1. The molecule has 0 saturated heterocycles. The Morgan fingerprint density at radius 1 is 0.277 bits per heavy atom. The Balaban J connectivity index is 1.27. The SMILES string of the molecule is CC(C)(C)c1ccc2c(c1)c1ccccc1n2-c1c(C#N)c(-n2c3ccccc3c3cc(C(C)(C)C)ccc32)c(-n2c3ccccc3c3cc(C(C)(C)C)ccc32)c(-n2c3ccccc3c3cc(C(C)(C)C)ccc32)c1-c1cc(-c2ccccc2)nc(-c2ccccc2)n1. The van der Waals surface area contributed by atoms with Gasteiger partial charge in [-0.2, -0.15) is 5.26 Å². The minimum Gasteiger partial charge on any atom is -0.307 e. The second-order valence-electron chi connectivity index (χ2n) is 29.8. The number of fused-ring (bicyclic) bond motifs is 12. The topological polar surface area (TPSA) is 69.3 Å². The predicted molar refractivity (Wildman–Crippen MR) is 395 cm³/mol. The summed E-state index contributed by atoms with van der Waals surface area (Å²) in [5.41, 5.74) is 19.8. The van der Waals surface area contributed by atoms with Crippen LogP contribution in [0, 0.1) is 11.3 Å². The van der Waals surface area contributed by atoms with E-state index in [4.69, 9.17) is 9.97 Å². The molecule has 0 aliphatic rings. The van der Waals surface area contributed by atoms with E-state index in [0.29, 0.717) is 22.8 Å². The fraction of sp³-hybridized carbons (Fsp3) is 0.184. The molecule has 0 aliphatic heterocycles. The number of hydrogen-bond donors (Lipinski definition) is 0. The third-order valence-corrected chi connectivity index (χ3v) is 19.6. The van der Waals surface area contributed by atoms with Crippen LogP contribution in [0.3, 0.4) is 0 Å². The number of aromatic nitrogens is 6. The lowest BCUT2D eigenvalue weighted by molar-refractivity contribution is 0.591. The molecule has 7 nitrogen and oxygen atoms in total. The molecular weight excluding hydrogens is 1140 g/mol. The van der Waals surface area contributed by atoms with Crippen molar-refractivity contribution in [2.45, 2.75) is 105 Å². The maximum absolute atomic E-state index is 13.4. The quantitative estimate of drug-likeness (QED) is 0.160. The number of hydrogen-bond acceptors (Lipinski definition) is 3. The van der Waals surface area contributed by atoms with Gasteiger partial charge in [-0.05, 0) is 123 Å². The van der Waals surface area contributed by atoms with E-state index < -0.39 is 0 Å². The summed E-state index contributed by atoms with van der Waals surface area (Å²) in [6.45, 7) is 27.5. The third kappa shape index (κ3) is 9.13. The minimum absolute atomic E-state index is 0.154. The first kappa shape index (κ1) is 58.3. The number of nitrogens with zero attached hydrogens (tertiary/aromatic N) is 7. The lowest BCUT2D eigenvalue weighted by Crippen LogP contribution is -2.17. The molecule has 5 heterocycles. The fourth-order valence-corrected chi connectivity index (χ4v) is 14.7. The molecule has 0 saturated carbocycles. The normalized spacial score (nSPS) is 12.7. The van der Waals surface area contributed by atoms with Crippen LogP contribution < -0.4 is 0 Å². The fourth-order valence-electron chi connectivity index (χ4n) is 14.7. The van der Waals surface area contributed by atoms with Gasteiger partial charge in [0.1, 0.15) is 11.6 Å². The lowest BCUT2D eigenvalue weighted by atomic mass is 9.86. The molecular formula is C87H75N7. The molecule has 7 heteroatoms. The number of rotatable bonds is 7. The molecule has 0 unspecified atom stereocenters. The van der Waals surface area contributed by atoms with Gasteiger partial charge < -0.3 is 18.3 Å². The molecule has 0 amide bonds. The van der Waals surface area contributed by atoms with Crippen molar-refractivity contribution in [3.63, 3.8) is 0 Å². The Labute approximate surface area is 549 Å². The summed E-state index contributed by atoms with van der Waals surface area (Å²) in [6.07, 6.45) is 0. The monoisotopic (exact) mass is 1220 g/mol. The Morgan fingerprint density at radius 2 is 0.574 bits per heavy atom. The van der Waals surface area contributed by atoms with Crippen LogP contribution in [0.1, 0.15) is 111 Å². The molecule has 0 spiro atoms. The summed E-state index contributed by atoms with van der Waals surface area (Å²) in [6, 6.07) is 89.6. The van der Waals surface area contributed by atoms with Crippen molar-refractivity contribution in [2.24, 2.45) is 0 Å². The average Bonchev–Trinajstić information content (AvgIpc) is 1.44. The number of nitriles is 1. The number of benzene rings is 11. The Bertz CT molecular complexity index is 5770. The lowest BCUT2D eigenvalue weighted by Gasteiger charge is -2.29. The maximum Gasteiger partial charge on any atom is 0.160 e. The highest BCUT2D eigenvalue weighted by molar-refractivity contribution is 6.17. The van der Waals surface area contributed by atoms with E-state index in [0.717, 1.165) is 127 Å². The van der Waals surface area contributed by atoms with E-state index in [2.05, 4.69) is 338 Å². The molecule has 0 radical (unpaired) electrons. The highest BCUT2D eigenvalue weighted by Gasteiger charge is 2.37. The van der Waals surface area contributed by atoms with Gasteiger partial charge in [0.15, 0.2) is 5.82 Å². The van der Waals surface area contributed by atoms with E-state index in [-0.39, 0.29) is 21.7 Å². The molecule has 16 aromatic rings. The van der Waals surface area contributed by atoms with Gasteiger partial charge in [0.05, 0.1) is 83.8 Å². The van der Waals surface area contributed by atoms with Gasteiger partial charge >= 0.3 is 0 Å². The molecule has 0 atom stereocenters. The van der Waals surface area contributed by atoms with Crippen LogP contribution in [0.5, 0.6) is 0 Å². The van der Waals surface area contributed by atoms with Crippen LogP contribution in [0.2, 0.25) is 0 Å². The molecule has 0 fully saturated rings. The van der Waals surface area contributed by atoms with Crippen molar-refractivity contribution in [2.75, 3.05) is 0 Å². The molecule has 0 N–H and O–H groups in total. The second-order valence-corrected chi connectivity index (χ2v) is 29.8. The van der Waals surface area contributed by atoms with Crippen molar-refractivity contribution in [3.8, 4) is 62.7 Å². The van der Waals surface area contributed by atoms with Crippen LogP contribution in [0.15, 0.2) is 237 Å². The van der Waals surface area contributed by atoms with Gasteiger partial charge in [0.25, 0.3) is 0 Å². The molecule has 458 valence electrons. The van der Waals surface area contributed by atoms with Crippen LogP contribution in [-0.4, -0.2) is 28.2 Å². The van der Waals surface area contributed by atoms with E-state index in [9.17, 15) is 5.26 Å². The van der Waals surface area contributed by atoms with Crippen LogP contribution in [-0.2, 0) is 21.7 Å². The van der Waals surface area contributed by atoms with E-state index >= 15 is 0 Å². The first-order chi connectivity index (χ1) is 45.2. The van der Waals surface area contributed by atoms with Gasteiger partial charge in [-0.25, -0.2) is 9.97 Å². The summed E-state index contributed by atoms with van der Waals surface area (Å²) in [5, 5.41) is 22.3. The van der Waals surface area contributed by atoms with Crippen molar-refractivity contribution >= 4 is 87.2 Å². The zero-order valence-electron chi connectivity index (χ0n) is 55.6. The minimum atomic E-state index is -0.160. The zero-order valence-corrected chi connectivity index (χ0v) is 55.6. The van der Waals surface area contributed by atoms with Crippen LogP contribution in [0.25, 0.3) is 144 Å². The molecule has 94 heavy (non-hydrogen) atoms. The summed E-state index contributed by atoms with van der Waals surface area (Å²) >= 11 is 0.